The summed E-state index contributed by atoms with van der Waals surface area (Å²) in [5.41, 5.74) is 12.2. The summed E-state index contributed by atoms with van der Waals surface area (Å²) in [4.78, 5) is 5.00. The van der Waals surface area contributed by atoms with E-state index >= 15 is 0 Å². The molecule has 0 bridgehead atoms. The van der Waals surface area contributed by atoms with Crippen LogP contribution in [0.25, 0.3) is 93.7 Å². The Hall–Kier alpha value is -7.42. The molecule has 53 heavy (non-hydrogen) atoms. The summed E-state index contributed by atoms with van der Waals surface area (Å²) in [5.74, 6) is 0. The normalized spacial score (nSPS) is 11.8. The number of benzene rings is 7. The molecule has 4 heterocycles. The zero-order chi connectivity index (χ0) is 35.0. The largest absolute Gasteiger partial charge is 0.309 e. The van der Waals surface area contributed by atoms with Crippen LogP contribution in [0, 0.1) is 11.3 Å². The summed E-state index contributed by atoms with van der Waals surface area (Å²) in [6.07, 6.45) is 1.87. The second kappa shape index (κ2) is 11.3. The Morgan fingerprint density at radius 2 is 0.962 bits per heavy atom. The van der Waals surface area contributed by atoms with Crippen LogP contribution in [0.4, 0.5) is 0 Å². The Bertz CT molecular complexity index is 3250. The lowest BCUT2D eigenvalue weighted by molar-refractivity contribution is 1.12. The summed E-state index contributed by atoms with van der Waals surface area (Å²) in [5, 5.41) is 17.3. The highest BCUT2D eigenvalue weighted by atomic mass is 15.1. The molecule has 5 heteroatoms. The monoisotopic (exact) mass is 675 g/mol. The average molecular weight is 676 g/mol. The fourth-order valence-corrected chi connectivity index (χ4v) is 8.47. The SMILES string of the molecule is N#Cc1cc(-c2cccc(-n3c4ncccc4c4ccc5c6ccccc6n(-c6ccccc6)c5c43)c2)cc(-n2c3ccccc3c3ccccc32)c1. The van der Waals surface area contributed by atoms with Gasteiger partial charge in [-0.2, -0.15) is 5.26 Å². The van der Waals surface area contributed by atoms with Gasteiger partial charge in [0.25, 0.3) is 0 Å². The molecule has 0 saturated heterocycles. The quantitative estimate of drug-likeness (QED) is 0.186. The van der Waals surface area contributed by atoms with E-state index in [9.17, 15) is 5.26 Å². The third kappa shape index (κ3) is 4.27. The standard InChI is InChI=1S/C48H29N5/c49-30-31-26-33(29-36(27-31)51-43-20-7-4-16-37(43)38-17-5-8-21-44(38)51)32-12-10-15-35(28-32)53-47-41(42-19-11-25-50-48(42)53)24-23-40-39-18-6-9-22-45(39)52(46(40)47)34-13-2-1-3-14-34/h1-29H. The molecule has 0 aliphatic heterocycles. The van der Waals surface area contributed by atoms with Gasteiger partial charge in [0.1, 0.15) is 5.65 Å². The van der Waals surface area contributed by atoms with E-state index < -0.39 is 0 Å². The van der Waals surface area contributed by atoms with Crippen LogP contribution >= 0.6 is 0 Å². The third-order valence-electron chi connectivity index (χ3n) is 10.7. The van der Waals surface area contributed by atoms with Crippen molar-refractivity contribution in [3.8, 4) is 34.3 Å². The molecule has 0 aliphatic rings. The lowest BCUT2D eigenvalue weighted by atomic mass is 10.0. The number of fused-ring (bicyclic) bond motifs is 10. The van der Waals surface area contributed by atoms with Crippen molar-refractivity contribution in [2.45, 2.75) is 0 Å². The predicted molar refractivity (Wildman–Crippen MR) is 217 cm³/mol. The Morgan fingerprint density at radius 1 is 0.396 bits per heavy atom. The lowest BCUT2D eigenvalue weighted by Gasteiger charge is -2.14. The van der Waals surface area contributed by atoms with Crippen molar-refractivity contribution in [1.82, 2.24) is 18.7 Å². The lowest BCUT2D eigenvalue weighted by Crippen LogP contribution is -2.00. The summed E-state index contributed by atoms with van der Waals surface area (Å²) in [6, 6.07) is 62.2. The van der Waals surface area contributed by atoms with Crippen molar-refractivity contribution in [3.05, 3.63) is 182 Å². The average Bonchev–Trinajstić information content (AvgIpc) is 3.87. The fraction of sp³-hybridized carbons (Fsp3) is 0. The maximum Gasteiger partial charge on any atom is 0.145 e. The Morgan fingerprint density at radius 3 is 1.68 bits per heavy atom. The van der Waals surface area contributed by atoms with Crippen LogP contribution in [-0.4, -0.2) is 18.7 Å². The minimum Gasteiger partial charge on any atom is -0.309 e. The molecule has 0 amide bonds. The fourth-order valence-electron chi connectivity index (χ4n) is 8.47. The topological polar surface area (TPSA) is 51.5 Å². The van der Waals surface area contributed by atoms with Gasteiger partial charge in [-0.15, -0.1) is 0 Å². The number of para-hydroxylation sites is 4. The molecule has 0 radical (unpaired) electrons. The summed E-state index contributed by atoms with van der Waals surface area (Å²) in [6.45, 7) is 0. The number of rotatable bonds is 4. The summed E-state index contributed by atoms with van der Waals surface area (Å²) < 4.78 is 6.98. The number of hydrogen-bond donors (Lipinski definition) is 0. The predicted octanol–water partition coefficient (Wildman–Crippen LogP) is 11.9. The van der Waals surface area contributed by atoms with Gasteiger partial charge >= 0.3 is 0 Å². The van der Waals surface area contributed by atoms with Crippen molar-refractivity contribution < 1.29 is 0 Å². The Balaban J connectivity index is 1.19. The van der Waals surface area contributed by atoms with Crippen molar-refractivity contribution in [2.24, 2.45) is 0 Å². The molecule has 5 nitrogen and oxygen atoms in total. The van der Waals surface area contributed by atoms with Crippen LogP contribution in [0.1, 0.15) is 5.56 Å². The van der Waals surface area contributed by atoms with E-state index in [-0.39, 0.29) is 0 Å². The molecule has 0 unspecified atom stereocenters. The molecule has 0 fully saturated rings. The van der Waals surface area contributed by atoms with E-state index in [4.69, 9.17) is 4.98 Å². The highest BCUT2D eigenvalue weighted by Crippen LogP contribution is 2.42. The van der Waals surface area contributed by atoms with Crippen molar-refractivity contribution >= 4 is 65.5 Å². The molecular weight excluding hydrogens is 647 g/mol. The van der Waals surface area contributed by atoms with Gasteiger partial charge in [-0.05, 0) is 83.9 Å². The van der Waals surface area contributed by atoms with E-state index in [0.717, 1.165) is 72.2 Å². The smallest absolute Gasteiger partial charge is 0.145 e. The van der Waals surface area contributed by atoms with E-state index in [2.05, 4.69) is 171 Å². The number of aromatic nitrogens is 4. The zero-order valence-corrected chi connectivity index (χ0v) is 28.5. The molecule has 7 aromatic carbocycles. The van der Waals surface area contributed by atoms with Crippen LogP contribution in [0.3, 0.4) is 0 Å². The molecule has 0 N–H and O–H groups in total. The van der Waals surface area contributed by atoms with Gasteiger partial charge in [0.2, 0.25) is 0 Å². The maximum absolute atomic E-state index is 10.3. The highest BCUT2D eigenvalue weighted by molar-refractivity contribution is 6.23. The number of nitrogens with zero attached hydrogens (tertiary/aromatic N) is 5. The van der Waals surface area contributed by atoms with Gasteiger partial charge in [0.15, 0.2) is 0 Å². The third-order valence-corrected chi connectivity index (χ3v) is 10.7. The van der Waals surface area contributed by atoms with Gasteiger partial charge in [-0.25, -0.2) is 4.98 Å². The van der Waals surface area contributed by atoms with Crippen molar-refractivity contribution in [1.29, 1.82) is 5.26 Å². The van der Waals surface area contributed by atoms with E-state index in [1.807, 2.05) is 24.4 Å². The molecule has 0 aliphatic carbocycles. The molecular formula is C48H29N5. The molecule has 0 atom stereocenters. The molecule has 0 spiro atoms. The molecule has 246 valence electrons. The second-order valence-electron chi connectivity index (χ2n) is 13.6. The van der Waals surface area contributed by atoms with Crippen LogP contribution in [-0.2, 0) is 0 Å². The van der Waals surface area contributed by atoms with Gasteiger partial charge in [-0.1, -0.05) is 97.1 Å². The van der Waals surface area contributed by atoms with Crippen molar-refractivity contribution in [3.63, 3.8) is 0 Å². The molecule has 11 aromatic rings. The van der Waals surface area contributed by atoms with Gasteiger partial charge in [-0.3, -0.25) is 4.57 Å². The van der Waals surface area contributed by atoms with Gasteiger partial charge in [0, 0.05) is 55.6 Å². The van der Waals surface area contributed by atoms with E-state index in [1.165, 1.54) is 21.5 Å². The summed E-state index contributed by atoms with van der Waals surface area (Å²) >= 11 is 0. The zero-order valence-electron chi connectivity index (χ0n) is 28.5. The first-order valence-electron chi connectivity index (χ1n) is 17.8. The summed E-state index contributed by atoms with van der Waals surface area (Å²) in [7, 11) is 0. The number of nitriles is 1. The first-order valence-corrected chi connectivity index (χ1v) is 17.8. The van der Waals surface area contributed by atoms with E-state index in [0.29, 0.717) is 5.56 Å². The maximum atomic E-state index is 10.3. The van der Waals surface area contributed by atoms with Crippen molar-refractivity contribution in [2.75, 3.05) is 0 Å². The van der Waals surface area contributed by atoms with Crippen LogP contribution in [0.15, 0.2) is 176 Å². The second-order valence-corrected chi connectivity index (χ2v) is 13.6. The number of hydrogen-bond acceptors (Lipinski definition) is 2. The number of pyridine rings is 1. The molecule has 0 saturated carbocycles. The minimum absolute atomic E-state index is 0.609. The first kappa shape index (κ1) is 29.3. The van der Waals surface area contributed by atoms with Crippen LogP contribution in [0.5, 0.6) is 0 Å². The minimum atomic E-state index is 0.609. The van der Waals surface area contributed by atoms with Crippen LogP contribution < -0.4 is 0 Å². The highest BCUT2D eigenvalue weighted by Gasteiger charge is 2.22. The van der Waals surface area contributed by atoms with Gasteiger partial charge < -0.3 is 9.13 Å². The Labute approximate surface area is 304 Å². The molecule has 11 rings (SSSR count). The Kier molecular flexibility index (Phi) is 6.25. The van der Waals surface area contributed by atoms with Crippen LogP contribution in [0.2, 0.25) is 0 Å². The molecule has 4 aromatic heterocycles. The van der Waals surface area contributed by atoms with Gasteiger partial charge in [0.05, 0.1) is 39.2 Å². The van der Waals surface area contributed by atoms with E-state index in [1.54, 1.807) is 0 Å². The first-order chi connectivity index (χ1) is 26.3.